The maximum atomic E-state index is 12.3. The highest BCUT2D eigenvalue weighted by molar-refractivity contribution is 6.33. The molecule has 0 spiro atoms. The van der Waals surface area contributed by atoms with Crippen molar-refractivity contribution in [2.24, 2.45) is 0 Å². The fourth-order valence-electron chi connectivity index (χ4n) is 1.00. The molecular weight excluding hydrogens is 214 g/mol. The average Bonchev–Trinajstić information content (AvgIpc) is 2.17. The Hall–Kier alpha value is -1.29. The summed E-state index contributed by atoms with van der Waals surface area (Å²) in [6, 6.07) is 1.98. The van der Waals surface area contributed by atoms with Gasteiger partial charge in [0, 0.05) is 16.7 Å². The van der Waals surface area contributed by atoms with E-state index in [-0.39, 0.29) is 22.4 Å². The first-order valence-electron chi connectivity index (χ1n) is 3.62. The number of aldehydes is 2. The summed E-state index contributed by atoms with van der Waals surface area (Å²) in [7, 11) is 0. The molecule has 0 unspecified atom stereocenters. The molecule has 14 heavy (non-hydrogen) atoms. The Bertz CT molecular complexity index is 377. The van der Waals surface area contributed by atoms with Gasteiger partial charge in [-0.15, -0.1) is 0 Å². The van der Waals surface area contributed by atoms with E-state index in [1.807, 2.05) is 0 Å². The molecule has 0 N–H and O–H groups in total. The van der Waals surface area contributed by atoms with Gasteiger partial charge in [-0.2, -0.15) is 0 Å². The second-order valence-electron chi connectivity index (χ2n) is 2.54. The maximum absolute atomic E-state index is 12.3. The van der Waals surface area contributed by atoms with Gasteiger partial charge in [-0.1, -0.05) is 11.6 Å². The molecule has 0 aromatic heterocycles. The maximum Gasteiger partial charge on any atom is 0.264 e. The summed E-state index contributed by atoms with van der Waals surface area (Å²) in [4.78, 5) is 20.8. The smallest absolute Gasteiger partial charge is 0.264 e. The number of carbonyl (C=O) groups is 2. The molecule has 0 aliphatic carbocycles. The summed E-state index contributed by atoms with van der Waals surface area (Å²) in [6.45, 7) is 0. The molecule has 1 aromatic carbocycles. The summed E-state index contributed by atoms with van der Waals surface area (Å²) in [6.07, 6.45) is -2.11. The van der Waals surface area contributed by atoms with E-state index in [1.165, 1.54) is 0 Å². The van der Waals surface area contributed by atoms with E-state index in [1.54, 1.807) is 0 Å². The topological polar surface area (TPSA) is 34.1 Å². The molecule has 0 bridgehead atoms. The van der Waals surface area contributed by atoms with Gasteiger partial charge in [0.2, 0.25) is 0 Å². The molecule has 1 rings (SSSR count). The van der Waals surface area contributed by atoms with Gasteiger partial charge in [-0.05, 0) is 12.1 Å². The number of carbonyl (C=O) groups excluding carboxylic acids is 2. The van der Waals surface area contributed by atoms with Gasteiger partial charge in [0.25, 0.3) is 6.43 Å². The predicted molar refractivity (Wildman–Crippen MR) is 47.2 cm³/mol. The van der Waals surface area contributed by atoms with E-state index in [4.69, 9.17) is 11.6 Å². The molecule has 74 valence electrons. The Morgan fingerprint density at radius 3 is 2.14 bits per heavy atom. The van der Waals surface area contributed by atoms with Crippen molar-refractivity contribution in [3.63, 3.8) is 0 Å². The van der Waals surface area contributed by atoms with E-state index in [9.17, 15) is 18.4 Å². The Kier molecular flexibility index (Phi) is 3.30. The lowest BCUT2D eigenvalue weighted by Crippen LogP contribution is -1.96. The van der Waals surface area contributed by atoms with Crippen LogP contribution in [0.1, 0.15) is 32.7 Å². The number of rotatable bonds is 3. The molecule has 0 saturated heterocycles. The van der Waals surface area contributed by atoms with E-state index in [0.29, 0.717) is 6.29 Å². The molecule has 0 amide bonds. The highest BCUT2D eigenvalue weighted by Crippen LogP contribution is 2.27. The third kappa shape index (κ3) is 1.96. The van der Waals surface area contributed by atoms with Gasteiger partial charge in [-0.3, -0.25) is 9.59 Å². The number of hydrogen-bond acceptors (Lipinski definition) is 2. The number of benzene rings is 1. The lowest BCUT2D eigenvalue weighted by atomic mass is 10.1. The van der Waals surface area contributed by atoms with Gasteiger partial charge in [0.1, 0.15) is 0 Å². The Morgan fingerprint density at radius 2 is 1.71 bits per heavy atom. The van der Waals surface area contributed by atoms with Crippen LogP contribution in [0.3, 0.4) is 0 Å². The number of alkyl halides is 2. The van der Waals surface area contributed by atoms with Crippen LogP contribution in [0.25, 0.3) is 0 Å². The van der Waals surface area contributed by atoms with Crippen LogP contribution in [-0.2, 0) is 0 Å². The monoisotopic (exact) mass is 218 g/mol. The third-order valence-corrected chi connectivity index (χ3v) is 2.02. The molecule has 0 atom stereocenters. The molecule has 2 nitrogen and oxygen atoms in total. The minimum Gasteiger partial charge on any atom is -0.298 e. The Morgan fingerprint density at radius 1 is 1.14 bits per heavy atom. The van der Waals surface area contributed by atoms with Crippen molar-refractivity contribution in [1.82, 2.24) is 0 Å². The third-order valence-electron chi connectivity index (χ3n) is 1.69. The van der Waals surface area contributed by atoms with Crippen LogP contribution in [0.2, 0.25) is 5.02 Å². The Labute approximate surface area is 83.5 Å². The van der Waals surface area contributed by atoms with Gasteiger partial charge >= 0.3 is 0 Å². The molecule has 1 aromatic rings. The van der Waals surface area contributed by atoms with Crippen LogP contribution in [0.5, 0.6) is 0 Å². The minimum atomic E-state index is -2.78. The molecule has 0 heterocycles. The fourth-order valence-corrected chi connectivity index (χ4v) is 1.22. The van der Waals surface area contributed by atoms with E-state index < -0.39 is 12.0 Å². The molecule has 0 radical (unpaired) electrons. The van der Waals surface area contributed by atoms with Crippen molar-refractivity contribution in [1.29, 1.82) is 0 Å². The zero-order chi connectivity index (χ0) is 10.7. The van der Waals surface area contributed by atoms with Crippen LogP contribution in [0, 0.1) is 0 Å². The molecule has 5 heteroatoms. The van der Waals surface area contributed by atoms with E-state index >= 15 is 0 Å². The zero-order valence-electron chi connectivity index (χ0n) is 6.84. The zero-order valence-corrected chi connectivity index (χ0v) is 7.59. The molecule has 0 saturated carbocycles. The average molecular weight is 219 g/mol. The van der Waals surface area contributed by atoms with Crippen LogP contribution in [-0.4, -0.2) is 12.6 Å². The normalized spacial score (nSPS) is 10.3. The van der Waals surface area contributed by atoms with E-state index in [0.717, 1.165) is 12.1 Å². The summed E-state index contributed by atoms with van der Waals surface area (Å²) in [5.41, 5.74) is -0.653. The summed E-state index contributed by atoms with van der Waals surface area (Å²) in [5, 5.41) is -0.0825. The van der Waals surface area contributed by atoms with Gasteiger partial charge in [0.15, 0.2) is 12.6 Å². The highest BCUT2D eigenvalue weighted by atomic mass is 35.5. The second kappa shape index (κ2) is 4.28. The number of halogens is 3. The lowest BCUT2D eigenvalue weighted by Gasteiger charge is -2.05. The standard InChI is InChI=1S/C9H5ClF2O2/c10-8-2-7(9(11)12)5(3-13)1-6(8)4-14/h1-4,9H. The van der Waals surface area contributed by atoms with Gasteiger partial charge < -0.3 is 0 Å². The lowest BCUT2D eigenvalue weighted by molar-refractivity contribution is 0.110. The first-order valence-corrected chi connectivity index (χ1v) is 4.00. The summed E-state index contributed by atoms with van der Waals surface area (Å²) >= 11 is 5.52. The van der Waals surface area contributed by atoms with Crippen molar-refractivity contribution in [3.8, 4) is 0 Å². The van der Waals surface area contributed by atoms with Gasteiger partial charge in [-0.25, -0.2) is 8.78 Å². The quantitative estimate of drug-likeness (QED) is 0.731. The van der Waals surface area contributed by atoms with Crippen molar-refractivity contribution in [3.05, 3.63) is 33.8 Å². The van der Waals surface area contributed by atoms with Crippen molar-refractivity contribution >= 4 is 24.2 Å². The summed E-state index contributed by atoms with van der Waals surface area (Å²) in [5.74, 6) is 0. The van der Waals surface area contributed by atoms with E-state index in [2.05, 4.69) is 0 Å². The fraction of sp³-hybridized carbons (Fsp3) is 0.111. The first kappa shape index (κ1) is 10.8. The summed E-state index contributed by atoms with van der Waals surface area (Å²) < 4.78 is 24.6. The SMILES string of the molecule is O=Cc1cc(C=O)c(C(F)F)cc1Cl. The number of hydrogen-bond donors (Lipinski definition) is 0. The largest absolute Gasteiger partial charge is 0.298 e. The molecular formula is C9H5ClF2O2. The highest BCUT2D eigenvalue weighted by Gasteiger charge is 2.15. The van der Waals surface area contributed by atoms with Crippen LogP contribution < -0.4 is 0 Å². The van der Waals surface area contributed by atoms with Crippen molar-refractivity contribution in [2.75, 3.05) is 0 Å². The van der Waals surface area contributed by atoms with Crippen molar-refractivity contribution in [2.45, 2.75) is 6.43 Å². The molecule has 0 aliphatic rings. The first-order chi connectivity index (χ1) is 6.60. The second-order valence-corrected chi connectivity index (χ2v) is 2.95. The van der Waals surface area contributed by atoms with Gasteiger partial charge in [0.05, 0.1) is 5.02 Å². The van der Waals surface area contributed by atoms with Crippen LogP contribution in [0.15, 0.2) is 12.1 Å². The molecule has 0 aliphatic heterocycles. The van der Waals surface area contributed by atoms with Crippen molar-refractivity contribution < 1.29 is 18.4 Å². The predicted octanol–water partition coefficient (Wildman–Crippen LogP) is 2.90. The van der Waals surface area contributed by atoms with Crippen LogP contribution >= 0.6 is 11.6 Å². The molecule has 0 fully saturated rings. The Balaban J connectivity index is 3.38. The minimum absolute atomic E-state index is 0.0261. The van der Waals surface area contributed by atoms with Crippen LogP contribution in [0.4, 0.5) is 8.78 Å².